The van der Waals surface area contributed by atoms with Crippen LogP contribution in [0.25, 0.3) is 5.57 Å². The summed E-state index contributed by atoms with van der Waals surface area (Å²) in [5.41, 5.74) is 2.57. The summed E-state index contributed by atoms with van der Waals surface area (Å²) in [5.74, 6) is 0.335. The SMILES string of the molecule is C=CC(=O)NC1CN(C(C)/N=C2\C(=C(/C)c3ccc(OC(F)(F)F)cc3)C=CN2C)C1. The van der Waals surface area contributed by atoms with Crippen molar-refractivity contribution in [2.24, 2.45) is 4.99 Å². The smallest absolute Gasteiger partial charge is 0.406 e. The van der Waals surface area contributed by atoms with Crippen LogP contribution in [-0.4, -0.2) is 60.2 Å². The van der Waals surface area contributed by atoms with E-state index in [1.54, 1.807) is 12.1 Å². The summed E-state index contributed by atoms with van der Waals surface area (Å²) < 4.78 is 41.1. The molecule has 0 bridgehead atoms. The molecule has 1 aromatic rings. The molecule has 1 aromatic carbocycles. The molecule has 0 aromatic heterocycles. The van der Waals surface area contributed by atoms with E-state index in [0.717, 1.165) is 22.5 Å². The number of hydrogen-bond donors (Lipinski definition) is 1. The number of nitrogens with one attached hydrogen (secondary N) is 1. The quantitative estimate of drug-likeness (QED) is 0.696. The molecular weight excluding hydrogens is 409 g/mol. The molecule has 2 aliphatic rings. The topological polar surface area (TPSA) is 57.2 Å². The van der Waals surface area contributed by atoms with Crippen molar-refractivity contribution < 1.29 is 22.7 Å². The number of halogens is 3. The number of ether oxygens (including phenoxy) is 1. The summed E-state index contributed by atoms with van der Waals surface area (Å²) in [4.78, 5) is 20.3. The predicted octanol–water partition coefficient (Wildman–Crippen LogP) is 3.55. The third-order valence-electron chi connectivity index (χ3n) is 5.24. The van der Waals surface area contributed by atoms with E-state index in [9.17, 15) is 18.0 Å². The highest BCUT2D eigenvalue weighted by Crippen LogP contribution is 2.29. The van der Waals surface area contributed by atoms with Gasteiger partial charge in [-0.1, -0.05) is 18.7 Å². The fourth-order valence-corrected chi connectivity index (χ4v) is 3.46. The van der Waals surface area contributed by atoms with E-state index >= 15 is 0 Å². The number of aliphatic imine (C=N–C) groups is 1. The fourth-order valence-electron chi connectivity index (χ4n) is 3.46. The minimum absolute atomic E-state index is 0.0850. The second-order valence-electron chi connectivity index (χ2n) is 7.49. The third-order valence-corrected chi connectivity index (χ3v) is 5.24. The van der Waals surface area contributed by atoms with E-state index in [2.05, 4.69) is 21.5 Å². The lowest BCUT2D eigenvalue weighted by Gasteiger charge is -2.42. The van der Waals surface area contributed by atoms with Crippen molar-refractivity contribution in [3.05, 3.63) is 60.3 Å². The maximum Gasteiger partial charge on any atom is 0.573 e. The van der Waals surface area contributed by atoms with Gasteiger partial charge in [0.05, 0.1) is 6.04 Å². The number of amidine groups is 1. The third kappa shape index (κ3) is 5.55. The Kier molecular flexibility index (Phi) is 6.54. The molecule has 1 amide bonds. The van der Waals surface area contributed by atoms with Crippen molar-refractivity contribution >= 4 is 17.3 Å². The van der Waals surface area contributed by atoms with Gasteiger partial charge in [-0.3, -0.25) is 9.69 Å². The van der Waals surface area contributed by atoms with Crippen LogP contribution >= 0.6 is 0 Å². The van der Waals surface area contributed by atoms with Crippen molar-refractivity contribution in [1.29, 1.82) is 0 Å². The van der Waals surface area contributed by atoms with Crippen molar-refractivity contribution in [1.82, 2.24) is 15.1 Å². The van der Waals surface area contributed by atoms with Crippen LogP contribution in [0.2, 0.25) is 0 Å². The number of allylic oxidation sites excluding steroid dienone is 1. The summed E-state index contributed by atoms with van der Waals surface area (Å²) in [6.45, 7) is 8.75. The fraction of sp³-hybridized carbons (Fsp3) is 0.364. The van der Waals surface area contributed by atoms with Gasteiger partial charge in [-0.05, 0) is 49.3 Å². The van der Waals surface area contributed by atoms with E-state index in [4.69, 9.17) is 4.99 Å². The summed E-state index contributed by atoms with van der Waals surface area (Å²) in [7, 11) is 1.89. The van der Waals surface area contributed by atoms with Gasteiger partial charge >= 0.3 is 6.36 Å². The summed E-state index contributed by atoms with van der Waals surface area (Å²) in [6.07, 6.45) is 0.276. The standard InChI is InChI=1S/C22H25F3N4O2/c1-5-20(30)27-17-12-29(13-17)15(3)26-21-19(10-11-28(21)4)14(2)16-6-8-18(9-7-16)31-22(23,24)25/h5-11,15,17H,1,12-13H2,2-4H3,(H,27,30)/b19-14+,26-21+. The summed E-state index contributed by atoms with van der Waals surface area (Å²) in [6, 6.07) is 5.87. The highest BCUT2D eigenvalue weighted by Gasteiger charge is 2.32. The molecule has 166 valence electrons. The average molecular weight is 434 g/mol. The van der Waals surface area contributed by atoms with Gasteiger partial charge in [0.15, 0.2) is 0 Å². The van der Waals surface area contributed by atoms with Crippen molar-refractivity contribution in [2.45, 2.75) is 32.4 Å². The normalized spacial score (nSPS) is 21.1. The van der Waals surface area contributed by atoms with Crippen LogP contribution in [-0.2, 0) is 4.79 Å². The Morgan fingerprint density at radius 1 is 1.32 bits per heavy atom. The van der Waals surface area contributed by atoms with Gasteiger partial charge in [0.1, 0.15) is 17.8 Å². The van der Waals surface area contributed by atoms with E-state index in [-0.39, 0.29) is 23.9 Å². The Hall–Kier alpha value is -3.07. The van der Waals surface area contributed by atoms with Gasteiger partial charge in [-0.15, -0.1) is 13.2 Å². The molecule has 9 heteroatoms. The van der Waals surface area contributed by atoms with Gasteiger partial charge < -0.3 is 15.0 Å². The molecule has 31 heavy (non-hydrogen) atoms. The first kappa shape index (κ1) is 22.6. The summed E-state index contributed by atoms with van der Waals surface area (Å²) >= 11 is 0. The Balaban J connectivity index is 1.73. The van der Waals surface area contributed by atoms with Crippen LogP contribution < -0.4 is 10.1 Å². The molecule has 1 unspecified atom stereocenters. The van der Waals surface area contributed by atoms with Crippen LogP contribution in [0.1, 0.15) is 19.4 Å². The number of alkyl halides is 3. The van der Waals surface area contributed by atoms with E-state index in [1.165, 1.54) is 18.2 Å². The first-order valence-corrected chi connectivity index (χ1v) is 9.80. The number of benzene rings is 1. The second-order valence-corrected chi connectivity index (χ2v) is 7.49. The lowest BCUT2D eigenvalue weighted by Crippen LogP contribution is -2.61. The number of likely N-dealkylation sites (N-methyl/N-ethyl adjacent to an activating group) is 1. The monoisotopic (exact) mass is 434 g/mol. The lowest BCUT2D eigenvalue weighted by atomic mass is 10.0. The maximum atomic E-state index is 12.4. The van der Waals surface area contributed by atoms with E-state index in [1.807, 2.05) is 38.1 Å². The molecule has 6 nitrogen and oxygen atoms in total. The van der Waals surface area contributed by atoms with Gasteiger partial charge in [-0.25, -0.2) is 4.99 Å². The van der Waals surface area contributed by atoms with Gasteiger partial charge in [0, 0.05) is 31.9 Å². The highest BCUT2D eigenvalue weighted by molar-refractivity contribution is 6.09. The van der Waals surface area contributed by atoms with Crippen molar-refractivity contribution in [3.8, 4) is 5.75 Å². The molecule has 1 atom stereocenters. The molecule has 0 saturated carbocycles. The maximum absolute atomic E-state index is 12.4. The zero-order valence-electron chi connectivity index (χ0n) is 17.6. The number of likely N-dealkylation sites (tertiary alicyclic amines) is 1. The van der Waals surface area contributed by atoms with Gasteiger partial charge in [0.25, 0.3) is 0 Å². The Labute approximate surface area is 179 Å². The minimum atomic E-state index is -4.72. The number of carbonyl (C=O) groups is 1. The van der Waals surface area contributed by atoms with Gasteiger partial charge in [0.2, 0.25) is 5.91 Å². The highest BCUT2D eigenvalue weighted by atomic mass is 19.4. The molecule has 1 saturated heterocycles. The number of carbonyl (C=O) groups excluding carboxylic acids is 1. The molecular formula is C22H25F3N4O2. The largest absolute Gasteiger partial charge is 0.573 e. The Morgan fingerprint density at radius 3 is 2.55 bits per heavy atom. The molecule has 0 radical (unpaired) electrons. The van der Waals surface area contributed by atoms with Crippen molar-refractivity contribution in [2.75, 3.05) is 20.1 Å². The van der Waals surface area contributed by atoms with E-state index < -0.39 is 6.36 Å². The number of nitrogens with zero attached hydrogens (tertiary/aromatic N) is 3. The first-order valence-electron chi connectivity index (χ1n) is 9.80. The molecule has 1 fully saturated rings. The van der Waals surface area contributed by atoms with Gasteiger partial charge in [-0.2, -0.15) is 0 Å². The Bertz CT molecular complexity index is 929. The molecule has 0 aliphatic carbocycles. The lowest BCUT2D eigenvalue weighted by molar-refractivity contribution is -0.274. The van der Waals surface area contributed by atoms with Crippen LogP contribution in [0.15, 0.2) is 59.8 Å². The number of amides is 1. The molecule has 0 spiro atoms. The second kappa shape index (κ2) is 8.97. The van der Waals surface area contributed by atoms with Crippen LogP contribution in [0.3, 0.4) is 0 Å². The Morgan fingerprint density at radius 2 is 1.97 bits per heavy atom. The molecule has 1 N–H and O–H groups in total. The summed E-state index contributed by atoms with van der Waals surface area (Å²) in [5, 5.41) is 2.86. The minimum Gasteiger partial charge on any atom is -0.406 e. The van der Waals surface area contributed by atoms with Crippen LogP contribution in [0.5, 0.6) is 5.75 Å². The van der Waals surface area contributed by atoms with Crippen LogP contribution in [0, 0.1) is 0 Å². The number of rotatable bonds is 6. The van der Waals surface area contributed by atoms with E-state index in [0.29, 0.717) is 13.1 Å². The molecule has 2 heterocycles. The van der Waals surface area contributed by atoms with Crippen molar-refractivity contribution in [3.63, 3.8) is 0 Å². The number of hydrogen-bond acceptors (Lipinski definition) is 4. The zero-order valence-corrected chi connectivity index (χ0v) is 17.6. The predicted molar refractivity (Wildman–Crippen MR) is 113 cm³/mol. The molecule has 3 rings (SSSR count). The zero-order chi connectivity index (χ0) is 22.8. The average Bonchev–Trinajstić information content (AvgIpc) is 3.03. The first-order chi connectivity index (χ1) is 14.6. The molecule has 2 aliphatic heterocycles. The van der Waals surface area contributed by atoms with Crippen LogP contribution in [0.4, 0.5) is 13.2 Å².